The van der Waals surface area contributed by atoms with Gasteiger partial charge in [-0.25, -0.2) is 0 Å². The number of aliphatic hydroxyl groups is 2. The third kappa shape index (κ3) is 1.72. The van der Waals surface area contributed by atoms with Crippen LogP contribution >= 0.6 is 0 Å². The van der Waals surface area contributed by atoms with Gasteiger partial charge in [-0.1, -0.05) is 20.8 Å². The number of rotatable bonds is 1. The zero-order chi connectivity index (χ0) is 18.7. The first kappa shape index (κ1) is 17.6. The van der Waals surface area contributed by atoms with E-state index in [9.17, 15) is 15.0 Å². The molecule has 5 fully saturated rings. The average molecular weight is 363 g/mol. The second-order valence-electron chi connectivity index (χ2n) is 10.8. The van der Waals surface area contributed by atoms with Gasteiger partial charge in [0.05, 0.1) is 12.2 Å². The first-order valence-electron chi connectivity index (χ1n) is 10.7. The van der Waals surface area contributed by atoms with Crippen LogP contribution in [0.5, 0.6) is 0 Å². The van der Waals surface area contributed by atoms with E-state index in [-0.39, 0.29) is 40.3 Å². The Hall–Kier alpha value is -0.450. The van der Waals surface area contributed by atoms with Crippen molar-refractivity contribution in [2.75, 3.05) is 0 Å². The highest BCUT2D eigenvalue weighted by molar-refractivity contribution is 5.86. The van der Waals surface area contributed by atoms with Gasteiger partial charge in [-0.2, -0.15) is 0 Å². The minimum absolute atomic E-state index is 0.0292. The topological polar surface area (TPSA) is 70.1 Å². The fourth-order valence-electron chi connectivity index (χ4n) is 8.75. The van der Waals surface area contributed by atoms with E-state index in [1.165, 1.54) is 0 Å². The Morgan fingerprint density at radius 2 is 1.77 bits per heavy atom. The van der Waals surface area contributed by atoms with Gasteiger partial charge in [0.15, 0.2) is 5.78 Å². The van der Waals surface area contributed by atoms with E-state index < -0.39 is 5.60 Å². The van der Waals surface area contributed by atoms with Gasteiger partial charge >= 0.3 is 0 Å². The van der Waals surface area contributed by atoms with E-state index in [1.54, 1.807) is 6.92 Å². The maximum atomic E-state index is 12.5. The van der Waals surface area contributed by atoms with E-state index >= 15 is 0 Å². The molecule has 5 aliphatic rings. The van der Waals surface area contributed by atoms with Crippen LogP contribution in [-0.2, 0) is 9.53 Å². The standard InChI is InChI=1S/C22H34O4/c1-12-9-17-15-10-18-21(26-18)11-14(24)5-7-19(21,3)16(15)6-8-20(17,4)22(12,25)13(2)23/h12,14-18,24-25H,5-11H2,1-4H3. The van der Waals surface area contributed by atoms with Crippen LogP contribution in [0.3, 0.4) is 0 Å². The summed E-state index contributed by atoms with van der Waals surface area (Å²) in [7, 11) is 0. The number of fused-ring (bicyclic) bond motifs is 4. The molecule has 0 amide bonds. The predicted molar refractivity (Wildman–Crippen MR) is 97.4 cm³/mol. The molecule has 0 aromatic carbocycles. The third-order valence-electron chi connectivity index (χ3n) is 10.2. The van der Waals surface area contributed by atoms with E-state index in [0.717, 1.165) is 44.9 Å². The Morgan fingerprint density at radius 3 is 2.46 bits per heavy atom. The van der Waals surface area contributed by atoms with Gasteiger partial charge in [0, 0.05) is 17.3 Å². The first-order chi connectivity index (χ1) is 12.1. The second-order valence-corrected chi connectivity index (χ2v) is 10.8. The average Bonchev–Trinajstić information content (AvgIpc) is 3.22. The fourth-order valence-corrected chi connectivity index (χ4v) is 8.75. The molecule has 1 heterocycles. The molecule has 1 spiro atoms. The molecule has 4 saturated carbocycles. The van der Waals surface area contributed by atoms with Crippen molar-refractivity contribution in [3.05, 3.63) is 0 Å². The molecule has 146 valence electrons. The molecule has 0 aromatic rings. The largest absolute Gasteiger partial charge is 0.393 e. The van der Waals surface area contributed by atoms with E-state index in [0.29, 0.717) is 17.8 Å². The molecule has 4 nitrogen and oxygen atoms in total. The van der Waals surface area contributed by atoms with Crippen molar-refractivity contribution in [2.24, 2.45) is 34.5 Å². The van der Waals surface area contributed by atoms with Gasteiger partial charge < -0.3 is 14.9 Å². The molecule has 4 heteroatoms. The van der Waals surface area contributed by atoms with Gasteiger partial charge in [0.25, 0.3) is 0 Å². The lowest BCUT2D eigenvalue weighted by Gasteiger charge is -2.59. The summed E-state index contributed by atoms with van der Waals surface area (Å²) >= 11 is 0. The van der Waals surface area contributed by atoms with Crippen LogP contribution in [0.15, 0.2) is 0 Å². The lowest BCUT2D eigenvalue weighted by molar-refractivity contribution is -0.171. The number of aliphatic hydroxyl groups excluding tert-OH is 1. The van der Waals surface area contributed by atoms with Gasteiger partial charge in [-0.3, -0.25) is 4.79 Å². The first-order valence-corrected chi connectivity index (χ1v) is 10.7. The van der Waals surface area contributed by atoms with E-state index in [2.05, 4.69) is 20.8 Å². The molecule has 10 atom stereocenters. The number of ketones is 1. The van der Waals surface area contributed by atoms with E-state index in [4.69, 9.17) is 4.74 Å². The summed E-state index contributed by atoms with van der Waals surface area (Å²) < 4.78 is 6.35. The molecule has 26 heavy (non-hydrogen) atoms. The summed E-state index contributed by atoms with van der Waals surface area (Å²) in [6, 6.07) is 0. The number of Topliss-reactive ketones (excluding diaryl/α,β-unsaturated/α-hetero) is 1. The Balaban J connectivity index is 1.53. The van der Waals surface area contributed by atoms with Crippen LogP contribution in [0.1, 0.15) is 72.6 Å². The maximum absolute atomic E-state index is 12.5. The molecule has 0 bridgehead atoms. The molecule has 2 N–H and O–H groups in total. The number of hydrogen-bond acceptors (Lipinski definition) is 4. The molecule has 4 aliphatic carbocycles. The zero-order valence-corrected chi connectivity index (χ0v) is 16.6. The van der Waals surface area contributed by atoms with Gasteiger partial charge in [-0.05, 0) is 69.1 Å². The van der Waals surface area contributed by atoms with Crippen molar-refractivity contribution >= 4 is 5.78 Å². The lowest BCUT2D eigenvalue weighted by Crippen LogP contribution is -2.61. The summed E-state index contributed by atoms with van der Waals surface area (Å²) in [6.07, 6.45) is 6.78. The second kappa shape index (κ2) is 4.93. The van der Waals surface area contributed by atoms with Crippen LogP contribution in [0, 0.1) is 34.5 Å². The van der Waals surface area contributed by atoms with Gasteiger partial charge in [-0.15, -0.1) is 0 Å². The molecule has 10 unspecified atom stereocenters. The van der Waals surface area contributed by atoms with Crippen LogP contribution in [0.2, 0.25) is 0 Å². The van der Waals surface area contributed by atoms with Gasteiger partial charge in [0.1, 0.15) is 11.2 Å². The highest BCUT2D eigenvalue weighted by Crippen LogP contribution is 2.74. The fraction of sp³-hybridized carbons (Fsp3) is 0.955. The summed E-state index contributed by atoms with van der Waals surface area (Å²) in [6.45, 7) is 8.24. The minimum atomic E-state index is -1.18. The quantitative estimate of drug-likeness (QED) is 0.703. The van der Waals surface area contributed by atoms with Crippen molar-refractivity contribution in [3.8, 4) is 0 Å². The molecule has 1 aliphatic heterocycles. The summed E-state index contributed by atoms with van der Waals surface area (Å²) in [5, 5.41) is 21.7. The predicted octanol–water partition coefficient (Wildman–Crippen LogP) is 3.09. The Kier molecular flexibility index (Phi) is 3.34. The monoisotopic (exact) mass is 362 g/mol. The number of hydrogen-bond donors (Lipinski definition) is 2. The highest BCUT2D eigenvalue weighted by atomic mass is 16.6. The lowest BCUT2D eigenvalue weighted by atomic mass is 9.44. The van der Waals surface area contributed by atoms with Crippen molar-refractivity contribution < 1.29 is 19.7 Å². The highest BCUT2D eigenvalue weighted by Gasteiger charge is 2.77. The van der Waals surface area contributed by atoms with Crippen molar-refractivity contribution in [3.63, 3.8) is 0 Å². The summed E-state index contributed by atoms with van der Waals surface area (Å²) in [4.78, 5) is 12.5. The molecular weight excluding hydrogens is 328 g/mol. The minimum Gasteiger partial charge on any atom is -0.393 e. The molecule has 0 aromatic heterocycles. The SMILES string of the molecule is CC(=O)C1(O)C(C)CC2C3CC4OC45CC(O)CCC5(C)C3CCC21C. The van der Waals surface area contributed by atoms with Crippen LogP contribution < -0.4 is 0 Å². The zero-order valence-electron chi connectivity index (χ0n) is 16.6. The normalized spacial score (nSPS) is 63.3. The van der Waals surface area contributed by atoms with Crippen molar-refractivity contribution in [2.45, 2.75) is 96.1 Å². The number of carbonyl (C=O) groups excluding carboxylic acids is 1. The van der Waals surface area contributed by atoms with Gasteiger partial charge in [0.2, 0.25) is 0 Å². The number of carbonyl (C=O) groups is 1. The van der Waals surface area contributed by atoms with Crippen LogP contribution in [0.25, 0.3) is 0 Å². The van der Waals surface area contributed by atoms with Crippen LogP contribution in [0.4, 0.5) is 0 Å². The van der Waals surface area contributed by atoms with Crippen LogP contribution in [-0.4, -0.2) is 39.4 Å². The molecule has 1 saturated heterocycles. The molecule has 5 rings (SSSR count). The van der Waals surface area contributed by atoms with Crippen molar-refractivity contribution in [1.82, 2.24) is 0 Å². The molecular formula is C22H34O4. The number of ether oxygens (including phenoxy) is 1. The van der Waals surface area contributed by atoms with E-state index in [1.807, 2.05) is 0 Å². The van der Waals surface area contributed by atoms with Crippen molar-refractivity contribution in [1.29, 1.82) is 0 Å². The Labute approximate surface area is 156 Å². The Bertz CT molecular complexity index is 663. The Morgan fingerprint density at radius 1 is 1.08 bits per heavy atom. The smallest absolute Gasteiger partial charge is 0.162 e. The maximum Gasteiger partial charge on any atom is 0.162 e. The number of epoxide rings is 1. The summed E-state index contributed by atoms with van der Waals surface area (Å²) in [5.74, 6) is 1.50. The third-order valence-corrected chi connectivity index (χ3v) is 10.2. The molecule has 0 radical (unpaired) electrons. The summed E-state index contributed by atoms with van der Waals surface area (Å²) in [5.41, 5.74) is -1.44.